The Morgan fingerprint density at radius 2 is 1.88 bits per heavy atom. The number of hydrogen-bond donors (Lipinski definition) is 6. The summed E-state index contributed by atoms with van der Waals surface area (Å²) in [7, 11) is 0. The maximum absolute atomic E-state index is 13.1. The number of phenolic OH excluding ortho intramolecular Hbond substituents is 1. The summed E-state index contributed by atoms with van der Waals surface area (Å²) in [6.45, 7) is 0.179. The van der Waals surface area contributed by atoms with Crippen molar-refractivity contribution in [2.45, 2.75) is 43.8 Å². The first kappa shape index (κ1) is 24.7. The highest BCUT2D eigenvalue weighted by molar-refractivity contribution is 5.94. The number of carbonyl (C=O) groups excluding carboxylic acids is 3. The van der Waals surface area contributed by atoms with E-state index >= 15 is 0 Å². The largest absolute Gasteiger partial charge is 0.508 e. The lowest BCUT2D eigenvalue weighted by Gasteiger charge is -2.26. The number of carbonyl (C=O) groups is 4. The number of H-pyrrole nitrogens is 1. The topological polar surface area (TPSA) is 191 Å². The molecule has 0 spiro atoms. The number of nitrogens with zero attached hydrogens (tertiary/aromatic N) is 2. The van der Waals surface area contributed by atoms with Gasteiger partial charge in [0.05, 0.1) is 12.9 Å². The van der Waals surface area contributed by atoms with E-state index in [1.165, 1.54) is 29.6 Å². The minimum Gasteiger partial charge on any atom is -0.508 e. The number of amides is 3. The van der Waals surface area contributed by atoms with Gasteiger partial charge in [0, 0.05) is 31.3 Å². The van der Waals surface area contributed by atoms with Crippen LogP contribution in [-0.2, 0) is 32.0 Å². The molecule has 182 valence electrons. The van der Waals surface area contributed by atoms with Gasteiger partial charge in [-0.15, -0.1) is 0 Å². The van der Waals surface area contributed by atoms with Crippen LogP contribution in [0.2, 0.25) is 0 Å². The van der Waals surface area contributed by atoms with E-state index in [9.17, 15) is 29.4 Å². The van der Waals surface area contributed by atoms with Gasteiger partial charge in [0.1, 0.15) is 23.9 Å². The van der Waals surface area contributed by atoms with Crippen LogP contribution in [0.15, 0.2) is 36.8 Å². The number of aliphatic carboxylic acids is 1. The standard InChI is InChI=1S/C22H28N6O6/c23-10-19(30)28-7-1-2-18(28)21(32)26-16(9-14-11-24-12-25-14)20(31)27-17(22(33)34)8-13-3-5-15(29)6-4-13/h3-6,11-12,16-18,29H,1-2,7-10,23H2,(H,24,25)(H,26,32)(H,27,31)(H,33,34). The maximum atomic E-state index is 13.1. The molecular formula is C22H28N6O6. The number of hydrogen-bond acceptors (Lipinski definition) is 7. The molecule has 2 aromatic rings. The minimum atomic E-state index is -1.26. The predicted molar refractivity (Wildman–Crippen MR) is 119 cm³/mol. The average Bonchev–Trinajstić information content (AvgIpc) is 3.51. The van der Waals surface area contributed by atoms with E-state index in [0.29, 0.717) is 30.6 Å². The Bertz CT molecular complexity index is 1010. The van der Waals surface area contributed by atoms with Gasteiger partial charge >= 0.3 is 5.97 Å². The lowest BCUT2D eigenvalue weighted by atomic mass is 10.0. The summed E-state index contributed by atoms with van der Waals surface area (Å²) in [6.07, 6.45) is 4.02. The zero-order valence-corrected chi connectivity index (χ0v) is 18.4. The molecule has 34 heavy (non-hydrogen) atoms. The number of aromatic hydroxyl groups is 1. The highest BCUT2D eigenvalue weighted by Crippen LogP contribution is 2.18. The molecule has 0 aliphatic carbocycles. The van der Waals surface area contributed by atoms with E-state index < -0.39 is 35.9 Å². The Morgan fingerprint density at radius 3 is 2.50 bits per heavy atom. The zero-order chi connectivity index (χ0) is 24.7. The van der Waals surface area contributed by atoms with Crippen LogP contribution in [0.5, 0.6) is 5.75 Å². The Hall–Kier alpha value is -3.93. The molecule has 1 saturated heterocycles. The number of likely N-dealkylation sites (tertiary alicyclic amines) is 1. The van der Waals surface area contributed by atoms with Gasteiger partial charge in [0.15, 0.2) is 0 Å². The molecule has 1 aliphatic rings. The second-order valence-corrected chi connectivity index (χ2v) is 8.06. The summed E-state index contributed by atoms with van der Waals surface area (Å²) in [5.41, 5.74) is 6.60. The fourth-order valence-electron chi connectivity index (χ4n) is 3.89. The van der Waals surface area contributed by atoms with Crippen molar-refractivity contribution in [3.63, 3.8) is 0 Å². The minimum absolute atomic E-state index is 0.0204. The number of aromatic amines is 1. The lowest BCUT2D eigenvalue weighted by Crippen LogP contribution is -2.56. The first-order valence-corrected chi connectivity index (χ1v) is 10.9. The highest BCUT2D eigenvalue weighted by Gasteiger charge is 2.36. The molecule has 3 amide bonds. The monoisotopic (exact) mass is 472 g/mol. The van der Waals surface area contributed by atoms with Crippen molar-refractivity contribution in [3.8, 4) is 5.75 Å². The number of carboxylic acid groups (broad SMARTS) is 1. The van der Waals surface area contributed by atoms with E-state index in [-0.39, 0.29) is 31.0 Å². The van der Waals surface area contributed by atoms with Crippen LogP contribution in [0.1, 0.15) is 24.1 Å². The van der Waals surface area contributed by atoms with Crippen LogP contribution >= 0.6 is 0 Å². The Balaban J connectivity index is 1.73. The molecule has 2 heterocycles. The van der Waals surface area contributed by atoms with Crippen molar-refractivity contribution in [1.29, 1.82) is 0 Å². The number of aromatic nitrogens is 2. The number of nitrogens with one attached hydrogen (secondary N) is 3. The normalized spacial score (nSPS) is 17.1. The van der Waals surface area contributed by atoms with Crippen LogP contribution in [-0.4, -0.2) is 80.0 Å². The van der Waals surface area contributed by atoms with Gasteiger partial charge in [-0.2, -0.15) is 0 Å². The molecule has 7 N–H and O–H groups in total. The molecule has 1 aromatic heterocycles. The molecule has 12 nitrogen and oxygen atoms in total. The quantitative estimate of drug-likeness (QED) is 0.251. The number of imidazole rings is 1. The number of carboxylic acids is 1. The molecule has 3 atom stereocenters. The number of phenols is 1. The van der Waals surface area contributed by atoms with Gasteiger partial charge in [-0.1, -0.05) is 12.1 Å². The Morgan fingerprint density at radius 1 is 1.15 bits per heavy atom. The van der Waals surface area contributed by atoms with Crippen LogP contribution in [0.4, 0.5) is 0 Å². The smallest absolute Gasteiger partial charge is 0.326 e. The Labute approximate surface area is 195 Å². The van der Waals surface area contributed by atoms with Crippen molar-refractivity contribution in [2.24, 2.45) is 5.73 Å². The van der Waals surface area contributed by atoms with Gasteiger partial charge in [-0.25, -0.2) is 9.78 Å². The summed E-state index contributed by atoms with van der Waals surface area (Å²) >= 11 is 0. The van der Waals surface area contributed by atoms with E-state index in [1.807, 2.05) is 0 Å². The summed E-state index contributed by atoms with van der Waals surface area (Å²) in [5.74, 6) is -2.76. The summed E-state index contributed by atoms with van der Waals surface area (Å²) in [5, 5.41) is 24.2. The van der Waals surface area contributed by atoms with Gasteiger partial charge < -0.3 is 36.5 Å². The second kappa shape index (κ2) is 11.3. The first-order chi connectivity index (χ1) is 16.3. The number of rotatable bonds is 10. The third-order valence-corrected chi connectivity index (χ3v) is 5.65. The van der Waals surface area contributed by atoms with Crippen molar-refractivity contribution >= 4 is 23.7 Å². The molecule has 0 radical (unpaired) electrons. The second-order valence-electron chi connectivity index (χ2n) is 8.06. The molecule has 1 fully saturated rings. The molecule has 0 saturated carbocycles. The summed E-state index contributed by atoms with van der Waals surface area (Å²) in [4.78, 5) is 58.1. The van der Waals surface area contributed by atoms with Crippen molar-refractivity contribution < 1.29 is 29.4 Å². The van der Waals surface area contributed by atoms with Crippen LogP contribution in [0.3, 0.4) is 0 Å². The molecule has 3 rings (SSSR count). The molecule has 1 aromatic carbocycles. The average molecular weight is 473 g/mol. The molecule has 12 heteroatoms. The van der Waals surface area contributed by atoms with Gasteiger partial charge in [-0.3, -0.25) is 14.4 Å². The van der Waals surface area contributed by atoms with Crippen molar-refractivity contribution in [3.05, 3.63) is 48.0 Å². The predicted octanol–water partition coefficient (Wildman–Crippen LogP) is -1.10. The third kappa shape index (κ3) is 6.32. The molecule has 1 aliphatic heterocycles. The van der Waals surface area contributed by atoms with Gasteiger partial charge in [0.25, 0.3) is 0 Å². The third-order valence-electron chi connectivity index (χ3n) is 5.65. The van der Waals surface area contributed by atoms with Crippen LogP contribution in [0, 0.1) is 0 Å². The lowest BCUT2D eigenvalue weighted by molar-refractivity contribution is -0.142. The molecular weight excluding hydrogens is 444 g/mol. The highest BCUT2D eigenvalue weighted by atomic mass is 16.4. The van der Waals surface area contributed by atoms with E-state index in [0.717, 1.165) is 0 Å². The number of nitrogens with two attached hydrogens (primary N) is 1. The molecule has 3 unspecified atom stereocenters. The maximum Gasteiger partial charge on any atom is 0.326 e. The van der Waals surface area contributed by atoms with E-state index in [2.05, 4.69) is 20.6 Å². The van der Waals surface area contributed by atoms with Crippen LogP contribution < -0.4 is 16.4 Å². The van der Waals surface area contributed by atoms with E-state index in [1.54, 1.807) is 12.1 Å². The molecule has 0 bridgehead atoms. The fraction of sp³-hybridized carbons (Fsp3) is 0.409. The van der Waals surface area contributed by atoms with Crippen molar-refractivity contribution in [2.75, 3.05) is 13.1 Å². The van der Waals surface area contributed by atoms with E-state index in [4.69, 9.17) is 5.73 Å². The Kier molecular flexibility index (Phi) is 8.19. The van der Waals surface area contributed by atoms with Gasteiger partial charge in [0.2, 0.25) is 17.7 Å². The van der Waals surface area contributed by atoms with Crippen LogP contribution in [0.25, 0.3) is 0 Å². The summed E-state index contributed by atoms with van der Waals surface area (Å²) < 4.78 is 0. The van der Waals surface area contributed by atoms with Crippen molar-refractivity contribution in [1.82, 2.24) is 25.5 Å². The SMILES string of the molecule is NCC(=O)N1CCCC1C(=O)NC(Cc1cnc[nH]1)C(=O)NC(Cc1ccc(O)cc1)C(=O)O. The summed E-state index contributed by atoms with van der Waals surface area (Å²) in [6, 6.07) is 2.85. The number of benzene rings is 1. The first-order valence-electron chi connectivity index (χ1n) is 10.9. The fourth-order valence-corrected chi connectivity index (χ4v) is 3.89. The van der Waals surface area contributed by atoms with Gasteiger partial charge in [-0.05, 0) is 30.5 Å². The zero-order valence-electron chi connectivity index (χ0n) is 18.4.